The van der Waals surface area contributed by atoms with Gasteiger partial charge in [-0.05, 0) is 49.1 Å². The molecule has 4 nitrogen and oxygen atoms in total. The van der Waals surface area contributed by atoms with Gasteiger partial charge in [-0.1, -0.05) is 49.6 Å². The van der Waals surface area contributed by atoms with Crippen LogP contribution in [0, 0.1) is 11.3 Å². The zero-order valence-electron chi connectivity index (χ0n) is 15.4. The van der Waals surface area contributed by atoms with Crippen molar-refractivity contribution in [3.63, 3.8) is 0 Å². The summed E-state index contributed by atoms with van der Waals surface area (Å²) in [4.78, 5) is 13.3. The second kappa shape index (κ2) is 8.45. The topological polar surface area (TPSA) is 62.1 Å². The third kappa shape index (κ3) is 3.94. The zero-order valence-corrected chi connectivity index (χ0v) is 16.2. The standard InChI is InChI=1S/C22H23ClN2O2/c1-2-13-27-20-10-9-17(14-16(20)15-24)25-21(26)22(11-5-6-12-22)18-7-3-4-8-19(18)23/h3-4,7-10,14H,2,5-6,11-13H2,1H3,(H,25,26). The molecule has 0 aliphatic heterocycles. The zero-order chi connectivity index (χ0) is 19.3. The molecule has 0 heterocycles. The van der Waals surface area contributed by atoms with Crippen molar-refractivity contribution in [1.82, 2.24) is 0 Å². The smallest absolute Gasteiger partial charge is 0.235 e. The van der Waals surface area contributed by atoms with E-state index in [1.54, 1.807) is 18.2 Å². The van der Waals surface area contributed by atoms with E-state index in [0.29, 0.717) is 28.6 Å². The van der Waals surface area contributed by atoms with E-state index in [-0.39, 0.29) is 5.91 Å². The lowest BCUT2D eigenvalue weighted by Crippen LogP contribution is -2.38. The lowest BCUT2D eigenvalue weighted by molar-refractivity contribution is -0.121. The number of hydrogen-bond acceptors (Lipinski definition) is 3. The number of ether oxygens (including phenoxy) is 1. The van der Waals surface area contributed by atoms with Gasteiger partial charge in [-0.2, -0.15) is 5.26 Å². The first-order valence-electron chi connectivity index (χ1n) is 9.34. The molecular weight excluding hydrogens is 360 g/mol. The Bertz CT molecular complexity index is 867. The number of nitrogens with one attached hydrogen (secondary N) is 1. The normalized spacial score (nSPS) is 15.1. The third-order valence-electron chi connectivity index (χ3n) is 5.10. The van der Waals surface area contributed by atoms with Crippen molar-refractivity contribution in [2.45, 2.75) is 44.4 Å². The van der Waals surface area contributed by atoms with E-state index < -0.39 is 5.41 Å². The SMILES string of the molecule is CCCOc1ccc(NC(=O)C2(c3ccccc3Cl)CCCC2)cc1C#N. The van der Waals surface area contributed by atoms with Crippen LogP contribution in [0.25, 0.3) is 0 Å². The number of nitriles is 1. The average molecular weight is 383 g/mol. The number of carbonyl (C=O) groups excluding carboxylic acids is 1. The predicted octanol–water partition coefficient (Wildman–Crippen LogP) is 5.45. The van der Waals surface area contributed by atoms with Crippen molar-refractivity contribution in [2.75, 3.05) is 11.9 Å². The van der Waals surface area contributed by atoms with Gasteiger partial charge in [0.15, 0.2) is 0 Å². The Labute approximate surface area is 165 Å². The maximum atomic E-state index is 13.3. The predicted molar refractivity (Wildman–Crippen MR) is 107 cm³/mol. The van der Waals surface area contributed by atoms with Crippen LogP contribution >= 0.6 is 11.6 Å². The van der Waals surface area contributed by atoms with Gasteiger partial charge in [0.05, 0.1) is 17.6 Å². The molecule has 0 spiro atoms. The van der Waals surface area contributed by atoms with E-state index in [0.717, 1.165) is 37.7 Å². The van der Waals surface area contributed by atoms with Crippen LogP contribution < -0.4 is 10.1 Å². The molecule has 140 valence electrons. The molecule has 0 aromatic heterocycles. The molecule has 27 heavy (non-hydrogen) atoms. The van der Waals surface area contributed by atoms with Gasteiger partial charge in [0, 0.05) is 10.7 Å². The number of anilines is 1. The molecule has 3 rings (SSSR count). The minimum atomic E-state index is -0.622. The summed E-state index contributed by atoms with van der Waals surface area (Å²) in [7, 11) is 0. The van der Waals surface area contributed by atoms with E-state index in [2.05, 4.69) is 11.4 Å². The van der Waals surface area contributed by atoms with Gasteiger partial charge < -0.3 is 10.1 Å². The summed E-state index contributed by atoms with van der Waals surface area (Å²) < 4.78 is 5.59. The number of carbonyl (C=O) groups is 1. The number of halogens is 1. The Hall–Kier alpha value is -2.51. The molecule has 1 fully saturated rings. The second-order valence-corrected chi connectivity index (χ2v) is 7.30. The van der Waals surface area contributed by atoms with Crippen LogP contribution in [-0.4, -0.2) is 12.5 Å². The molecule has 0 radical (unpaired) electrons. The second-order valence-electron chi connectivity index (χ2n) is 6.89. The fourth-order valence-electron chi connectivity index (χ4n) is 3.73. The minimum absolute atomic E-state index is 0.0702. The third-order valence-corrected chi connectivity index (χ3v) is 5.43. The first-order valence-corrected chi connectivity index (χ1v) is 9.72. The van der Waals surface area contributed by atoms with Gasteiger partial charge in [0.1, 0.15) is 11.8 Å². The fraction of sp³-hybridized carbons (Fsp3) is 0.364. The monoisotopic (exact) mass is 382 g/mol. The highest BCUT2D eigenvalue weighted by Crippen LogP contribution is 2.44. The van der Waals surface area contributed by atoms with E-state index in [1.807, 2.05) is 31.2 Å². The molecule has 0 saturated heterocycles. The number of nitrogens with zero attached hydrogens (tertiary/aromatic N) is 1. The molecule has 1 amide bonds. The van der Waals surface area contributed by atoms with Crippen molar-refractivity contribution in [3.8, 4) is 11.8 Å². The fourth-order valence-corrected chi connectivity index (χ4v) is 4.05. The Kier molecular flexibility index (Phi) is 6.03. The molecular formula is C22H23ClN2O2. The lowest BCUT2D eigenvalue weighted by Gasteiger charge is -2.29. The minimum Gasteiger partial charge on any atom is -0.492 e. The molecule has 2 aromatic rings. The first kappa shape index (κ1) is 19.3. The van der Waals surface area contributed by atoms with Gasteiger partial charge in [-0.15, -0.1) is 0 Å². The van der Waals surface area contributed by atoms with Crippen LogP contribution in [0.4, 0.5) is 5.69 Å². The summed E-state index contributed by atoms with van der Waals surface area (Å²) in [5, 5.41) is 13.0. The van der Waals surface area contributed by atoms with Crippen LogP contribution in [0.15, 0.2) is 42.5 Å². The van der Waals surface area contributed by atoms with Crippen molar-refractivity contribution >= 4 is 23.2 Å². The van der Waals surface area contributed by atoms with Crippen LogP contribution in [-0.2, 0) is 10.2 Å². The van der Waals surface area contributed by atoms with E-state index in [1.165, 1.54) is 0 Å². The van der Waals surface area contributed by atoms with Gasteiger partial charge in [-0.25, -0.2) is 0 Å². The molecule has 1 aliphatic carbocycles. The summed E-state index contributed by atoms with van der Waals surface area (Å²) >= 11 is 6.42. The van der Waals surface area contributed by atoms with Crippen molar-refractivity contribution < 1.29 is 9.53 Å². The Morgan fingerprint density at radius 2 is 2.00 bits per heavy atom. The first-order chi connectivity index (χ1) is 13.1. The number of hydrogen-bond donors (Lipinski definition) is 1. The summed E-state index contributed by atoms with van der Waals surface area (Å²) in [5.74, 6) is 0.471. The van der Waals surface area contributed by atoms with Crippen molar-refractivity contribution in [1.29, 1.82) is 5.26 Å². The van der Waals surface area contributed by atoms with Crippen LogP contribution in [0.1, 0.15) is 50.2 Å². The van der Waals surface area contributed by atoms with Gasteiger partial charge in [0.25, 0.3) is 0 Å². The van der Waals surface area contributed by atoms with E-state index in [9.17, 15) is 10.1 Å². The molecule has 1 N–H and O–H groups in total. The van der Waals surface area contributed by atoms with E-state index in [4.69, 9.17) is 16.3 Å². The maximum Gasteiger partial charge on any atom is 0.235 e. The number of benzene rings is 2. The Morgan fingerprint density at radius 3 is 2.67 bits per heavy atom. The van der Waals surface area contributed by atoms with Crippen LogP contribution in [0.3, 0.4) is 0 Å². The average Bonchev–Trinajstić information content (AvgIpc) is 3.18. The molecule has 1 saturated carbocycles. The van der Waals surface area contributed by atoms with Gasteiger partial charge >= 0.3 is 0 Å². The van der Waals surface area contributed by atoms with Gasteiger partial charge in [-0.3, -0.25) is 4.79 Å². The van der Waals surface area contributed by atoms with Crippen LogP contribution in [0.2, 0.25) is 5.02 Å². The quantitative estimate of drug-likeness (QED) is 0.722. The maximum absolute atomic E-state index is 13.3. The molecule has 0 unspecified atom stereocenters. The Morgan fingerprint density at radius 1 is 1.26 bits per heavy atom. The van der Waals surface area contributed by atoms with E-state index >= 15 is 0 Å². The van der Waals surface area contributed by atoms with Crippen molar-refractivity contribution in [3.05, 3.63) is 58.6 Å². The number of rotatable bonds is 6. The van der Waals surface area contributed by atoms with Gasteiger partial charge in [0.2, 0.25) is 5.91 Å². The summed E-state index contributed by atoms with van der Waals surface area (Å²) in [5.41, 5.74) is 1.27. The van der Waals surface area contributed by atoms with Crippen LogP contribution in [0.5, 0.6) is 5.75 Å². The lowest BCUT2D eigenvalue weighted by atomic mass is 9.78. The highest BCUT2D eigenvalue weighted by atomic mass is 35.5. The number of amides is 1. The highest BCUT2D eigenvalue weighted by Gasteiger charge is 2.43. The largest absolute Gasteiger partial charge is 0.492 e. The summed E-state index contributed by atoms with van der Waals surface area (Å²) in [6.07, 6.45) is 4.39. The molecule has 0 atom stereocenters. The summed E-state index contributed by atoms with van der Waals surface area (Å²) in [6.45, 7) is 2.56. The molecule has 0 bridgehead atoms. The molecule has 5 heteroatoms. The molecule has 2 aromatic carbocycles. The molecule has 1 aliphatic rings. The highest BCUT2D eigenvalue weighted by molar-refractivity contribution is 6.31. The Balaban J connectivity index is 1.87. The summed E-state index contributed by atoms with van der Waals surface area (Å²) in [6, 6.07) is 14.9. The van der Waals surface area contributed by atoms with Crippen molar-refractivity contribution in [2.24, 2.45) is 0 Å².